The third kappa shape index (κ3) is 1.45. The highest BCUT2D eigenvalue weighted by Gasteiger charge is 2.57. The maximum Gasteiger partial charge on any atom is 0.00430 e. The molecule has 4 bridgehead atoms. The van der Waals surface area contributed by atoms with E-state index in [1.807, 2.05) is 0 Å². The summed E-state index contributed by atoms with van der Waals surface area (Å²) in [7, 11) is 0. The van der Waals surface area contributed by atoms with Crippen LogP contribution >= 0.6 is 0 Å². The standard InChI is InChI=1S/C16H24N2/c17-3-2-15-6-12-5-13(7-15)9-16(8-12,11-15)14-1-4-18-10-14/h1,4,10,12-13,18H,2-3,5-9,11,17H2. The van der Waals surface area contributed by atoms with Crippen LogP contribution in [0.15, 0.2) is 18.5 Å². The molecule has 0 aliphatic heterocycles. The van der Waals surface area contributed by atoms with Crippen LogP contribution in [0, 0.1) is 17.3 Å². The minimum Gasteiger partial charge on any atom is -0.367 e. The molecule has 4 fully saturated rings. The molecule has 0 spiro atoms. The van der Waals surface area contributed by atoms with Gasteiger partial charge in [0.1, 0.15) is 0 Å². The van der Waals surface area contributed by atoms with E-state index < -0.39 is 0 Å². The van der Waals surface area contributed by atoms with Crippen LogP contribution in [0.2, 0.25) is 0 Å². The Morgan fingerprint density at radius 3 is 2.61 bits per heavy atom. The second kappa shape index (κ2) is 3.63. The van der Waals surface area contributed by atoms with Gasteiger partial charge in [0.15, 0.2) is 0 Å². The highest BCUT2D eigenvalue weighted by molar-refractivity contribution is 5.28. The lowest BCUT2D eigenvalue weighted by atomic mass is 9.42. The van der Waals surface area contributed by atoms with E-state index in [0.29, 0.717) is 10.8 Å². The van der Waals surface area contributed by atoms with Gasteiger partial charge in [0.05, 0.1) is 0 Å². The molecule has 1 aromatic rings. The highest BCUT2D eigenvalue weighted by Crippen LogP contribution is 2.66. The van der Waals surface area contributed by atoms with Crippen molar-refractivity contribution in [2.45, 2.75) is 50.4 Å². The molecule has 2 nitrogen and oxygen atoms in total. The van der Waals surface area contributed by atoms with Crippen molar-refractivity contribution in [2.24, 2.45) is 23.0 Å². The van der Waals surface area contributed by atoms with E-state index >= 15 is 0 Å². The quantitative estimate of drug-likeness (QED) is 0.842. The molecule has 0 aromatic carbocycles. The minimum atomic E-state index is 0.499. The summed E-state index contributed by atoms with van der Waals surface area (Å²) in [6.45, 7) is 0.878. The van der Waals surface area contributed by atoms with Crippen LogP contribution in [-0.4, -0.2) is 11.5 Å². The maximum absolute atomic E-state index is 5.91. The Hall–Kier alpha value is -0.760. The summed E-state index contributed by atoms with van der Waals surface area (Å²) in [6, 6.07) is 2.32. The lowest BCUT2D eigenvalue weighted by Crippen LogP contribution is -2.54. The molecule has 3 N–H and O–H groups in total. The fourth-order valence-corrected chi connectivity index (χ4v) is 6.04. The van der Waals surface area contributed by atoms with E-state index in [2.05, 4.69) is 23.4 Å². The molecule has 4 aliphatic rings. The minimum absolute atomic E-state index is 0.499. The van der Waals surface area contributed by atoms with Gasteiger partial charge in [-0.15, -0.1) is 0 Å². The van der Waals surface area contributed by atoms with Crippen LogP contribution in [0.25, 0.3) is 0 Å². The number of aromatic nitrogens is 1. The Bertz CT molecular complexity index is 420. The first-order valence-corrected chi connectivity index (χ1v) is 7.57. The largest absolute Gasteiger partial charge is 0.367 e. The second-order valence-corrected chi connectivity index (χ2v) is 7.38. The van der Waals surface area contributed by atoms with Gasteiger partial charge in [-0.2, -0.15) is 0 Å². The molecule has 98 valence electrons. The summed E-state index contributed by atoms with van der Waals surface area (Å²) in [5.41, 5.74) is 8.58. The Kier molecular flexibility index (Phi) is 2.24. The monoisotopic (exact) mass is 244 g/mol. The molecule has 0 saturated heterocycles. The zero-order valence-corrected chi connectivity index (χ0v) is 11.1. The van der Waals surface area contributed by atoms with Crippen molar-refractivity contribution in [3.63, 3.8) is 0 Å². The average molecular weight is 244 g/mol. The second-order valence-electron chi connectivity index (χ2n) is 7.38. The van der Waals surface area contributed by atoms with Crippen LogP contribution in [0.4, 0.5) is 0 Å². The van der Waals surface area contributed by atoms with E-state index in [9.17, 15) is 0 Å². The molecule has 1 heterocycles. The third-order valence-electron chi connectivity index (χ3n) is 6.07. The van der Waals surface area contributed by atoms with E-state index in [-0.39, 0.29) is 0 Å². The van der Waals surface area contributed by atoms with Gasteiger partial charge in [-0.3, -0.25) is 0 Å². The zero-order valence-electron chi connectivity index (χ0n) is 11.1. The smallest absolute Gasteiger partial charge is 0.00430 e. The van der Waals surface area contributed by atoms with Gasteiger partial charge >= 0.3 is 0 Å². The molecule has 18 heavy (non-hydrogen) atoms. The number of rotatable bonds is 3. The molecule has 0 radical (unpaired) electrons. The van der Waals surface area contributed by atoms with Crippen LogP contribution in [0.3, 0.4) is 0 Å². The van der Waals surface area contributed by atoms with Crippen LogP contribution < -0.4 is 5.73 Å². The predicted octanol–water partition coefficient (Wildman–Crippen LogP) is 3.20. The van der Waals surface area contributed by atoms with Gasteiger partial charge in [-0.05, 0) is 85.8 Å². The van der Waals surface area contributed by atoms with Gasteiger partial charge in [0, 0.05) is 12.4 Å². The normalized spacial score (nSPS) is 45.6. The Morgan fingerprint density at radius 2 is 2.00 bits per heavy atom. The molecular weight excluding hydrogens is 220 g/mol. The lowest BCUT2D eigenvalue weighted by molar-refractivity contribution is -0.0748. The summed E-state index contributed by atoms with van der Waals surface area (Å²) < 4.78 is 0. The zero-order chi connectivity index (χ0) is 12.2. The van der Waals surface area contributed by atoms with Gasteiger partial charge < -0.3 is 10.7 Å². The predicted molar refractivity (Wildman–Crippen MR) is 73.3 cm³/mol. The summed E-state index contributed by atoms with van der Waals surface area (Å²) in [5.74, 6) is 1.96. The van der Waals surface area contributed by atoms with Gasteiger partial charge in [0.2, 0.25) is 0 Å². The lowest BCUT2D eigenvalue weighted by Gasteiger charge is -2.62. The Morgan fingerprint density at radius 1 is 1.22 bits per heavy atom. The van der Waals surface area contributed by atoms with Crippen molar-refractivity contribution < 1.29 is 0 Å². The number of nitrogens with one attached hydrogen (secondary N) is 1. The summed E-state index contributed by atoms with van der Waals surface area (Å²) in [6.07, 6.45) is 14.3. The van der Waals surface area contributed by atoms with Crippen molar-refractivity contribution in [1.29, 1.82) is 0 Å². The number of nitrogens with two attached hydrogens (primary N) is 1. The summed E-state index contributed by atoms with van der Waals surface area (Å²) in [5, 5.41) is 0. The van der Waals surface area contributed by atoms with Gasteiger partial charge in [-0.25, -0.2) is 0 Å². The number of H-pyrrole nitrogens is 1. The van der Waals surface area contributed by atoms with E-state index in [1.54, 1.807) is 5.56 Å². The van der Waals surface area contributed by atoms with E-state index in [1.165, 1.54) is 44.9 Å². The molecule has 4 saturated carbocycles. The SMILES string of the molecule is NCCC12CC3CC(C1)CC(c1cc[nH]c1)(C3)C2. The van der Waals surface area contributed by atoms with Crippen molar-refractivity contribution in [3.05, 3.63) is 24.0 Å². The van der Waals surface area contributed by atoms with E-state index in [4.69, 9.17) is 5.73 Å². The first kappa shape index (κ1) is 11.1. The third-order valence-corrected chi connectivity index (χ3v) is 6.07. The van der Waals surface area contributed by atoms with Crippen molar-refractivity contribution in [1.82, 2.24) is 4.98 Å². The number of hydrogen-bond donors (Lipinski definition) is 2. The van der Waals surface area contributed by atoms with Crippen molar-refractivity contribution in [2.75, 3.05) is 6.54 Å². The maximum atomic E-state index is 5.91. The summed E-state index contributed by atoms with van der Waals surface area (Å²) >= 11 is 0. The van der Waals surface area contributed by atoms with Crippen molar-refractivity contribution in [3.8, 4) is 0 Å². The first-order valence-electron chi connectivity index (χ1n) is 7.57. The topological polar surface area (TPSA) is 41.8 Å². The molecule has 2 atom stereocenters. The molecule has 5 rings (SSSR count). The Balaban J connectivity index is 1.74. The number of hydrogen-bond acceptors (Lipinski definition) is 1. The molecule has 2 heteroatoms. The average Bonchev–Trinajstić information content (AvgIpc) is 2.80. The van der Waals surface area contributed by atoms with Crippen LogP contribution in [-0.2, 0) is 5.41 Å². The van der Waals surface area contributed by atoms with E-state index in [0.717, 1.165) is 18.4 Å². The highest BCUT2D eigenvalue weighted by atomic mass is 14.7. The fraction of sp³-hybridized carbons (Fsp3) is 0.750. The Labute approximate surface area is 109 Å². The fourth-order valence-electron chi connectivity index (χ4n) is 6.04. The molecule has 4 aliphatic carbocycles. The molecule has 0 amide bonds. The summed E-state index contributed by atoms with van der Waals surface area (Å²) in [4.78, 5) is 3.27. The van der Waals surface area contributed by atoms with Gasteiger partial charge in [-0.1, -0.05) is 0 Å². The van der Waals surface area contributed by atoms with Crippen LogP contribution in [0.5, 0.6) is 0 Å². The van der Waals surface area contributed by atoms with Crippen molar-refractivity contribution >= 4 is 0 Å². The van der Waals surface area contributed by atoms with Gasteiger partial charge in [0.25, 0.3) is 0 Å². The molecular formula is C16H24N2. The number of aromatic amines is 1. The van der Waals surface area contributed by atoms with Crippen LogP contribution in [0.1, 0.15) is 50.5 Å². The molecule has 2 unspecified atom stereocenters. The molecule has 1 aromatic heterocycles. The first-order chi connectivity index (χ1) is 8.74.